The Labute approximate surface area is 85.9 Å². The van der Waals surface area contributed by atoms with Crippen molar-refractivity contribution in [3.8, 4) is 0 Å². The SMILES string of the molecule is C=C(C)C(N)C1CN2CCCC2CO1. The fourth-order valence-electron chi connectivity index (χ4n) is 2.38. The first-order chi connectivity index (χ1) is 6.68. The number of nitrogens with zero attached hydrogens (tertiary/aromatic N) is 1. The van der Waals surface area contributed by atoms with Gasteiger partial charge in [-0.3, -0.25) is 4.90 Å². The molecule has 3 nitrogen and oxygen atoms in total. The molecule has 3 heteroatoms. The summed E-state index contributed by atoms with van der Waals surface area (Å²) in [6.07, 6.45) is 2.75. The van der Waals surface area contributed by atoms with E-state index in [1.807, 2.05) is 6.92 Å². The molecule has 0 saturated carbocycles. The highest BCUT2D eigenvalue weighted by atomic mass is 16.5. The molecule has 0 radical (unpaired) electrons. The van der Waals surface area contributed by atoms with Crippen molar-refractivity contribution in [3.63, 3.8) is 0 Å². The molecule has 3 atom stereocenters. The van der Waals surface area contributed by atoms with Gasteiger partial charge in [-0.25, -0.2) is 0 Å². The number of hydrogen-bond acceptors (Lipinski definition) is 3. The largest absolute Gasteiger partial charge is 0.373 e. The van der Waals surface area contributed by atoms with Gasteiger partial charge in [0.2, 0.25) is 0 Å². The molecule has 2 rings (SSSR count). The van der Waals surface area contributed by atoms with E-state index in [2.05, 4.69) is 11.5 Å². The highest BCUT2D eigenvalue weighted by Crippen LogP contribution is 2.24. The molecule has 0 aliphatic carbocycles. The number of nitrogens with two attached hydrogens (primary N) is 1. The normalized spacial score (nSPS) is 35.3. The van der Waals surface area contributed by atoms with Crippen LogP contribution in [0.1, 0.15) is 19.8 Å². The molecule has 2 N–H and O–H groups in total. The highest BCUT2D eigenvalue weighted by molar-refractivity contribution is 5.05. The maximum Gasteiger partial charge on any atom is 0.0891 e. The predicted molar refractivity (Wildman–Crippen MR) is 57.1 cm³/mol. The lowest BCUT2D eigenvalue weighted by atomic mass is 10.0. The second kappa shape index (κ2) is 4.01. The predicted octanol–water partition coefficient (Wildman–Crippen LogP) is 0.753. The number of ether oxygens (including phenoxy) is 1. The maximum absolute atomic E-state index is 6.02. The summed E-state index contributed by atoms with van der Waals surface area (Å²) in [7, 11) is 0. The molecule has 0 bridgehead atoms. The second-order valence-electron chi connectivity index (χ2n) is 4.53. The van der Waals surface area contributed by atoms with E-state index in [9.17, 15) is 0 Å². The zero-order valence-corrected chi connectivity index (χ0v) is 8.91. The molecule has 2 fully saturated rings. The Balaban J connectivity index is 1.94. The van der Waals surface area contributed by atoms with Crippen LogP contribution in [0.5, 0.6) is 0 Å². The number of morpholine rings is 1. The summed E-state index contributed by atoms with van der Waals surface area (Å²) in [5.74, 6) is 0. The lowest BCUT2D eigenvalue weighted by Gasteiger charge is -2.37. The van der Waals surface area contributed by atoms with Crippen LogP contribution in [0.25, 0.3) is 0 Å². The maximum atomic E-state index is 6.02. The van der Waals surface area contributed by atoms with Crippen molar-refractivity contribution in [3.05, 3.63) is 12.2 Å². The fourth-order valence-corrected chi connectivity index (χ4v) is 2.38. The summed E-state index contributed by atoms with van der Waals surface area (Å²) >= 11 is 0. The van der Waals surface area contributed by atoms with Gasteiger partial charge in [0.05, 0.1) is 18.8 Å². The van der Waals surface area contributed by atoms with Gasteiger partial charge < -0.3 is 10.5 Å². The Morgan fingerprint density at radius 1 is 1.64 bits per heavy atom. The minimum Gasteiger partial charge on any atom is -0.373 e. The van der Waals surface area contributed by atoms with Crippen molar-refractivity contribution in [2.75, 3.05) is 19.7 Å². The van der Waals surface area contributed by atoms with Crippen LogP contribution in [-0.4, -0.2) is 42.8 Å². The summed E-state index contributed by atoms with van der Waals surface area (Å²) in [6.45, 7) is 8.92. The number of fused-ring (bicyclic) bond motifs is 1. The van der Waals surface area contributed by atoms with Crippen molar-refractivity contribution in [2.24, 2.45) is 5.73 Å². The smallest absolute Gasteiger partial charge is 0.0891 e. The topological polar surface area (TPSA) is 38.5 Å². The average molecular weight is 196 g/mol. The van der Waals surface area contributed by atoms with E-state index in [-0.39, 0.29) is 12.1 Å². The minimum absolute atomic E-state index is 0.00319. The summed E-state index contributed by atoms with van der Waals surface area (Å²) in [5, 5.41) is 0. The second-order valence-corrected chi connectivity index (χ2v) is 4.53. The first kappa shape index (κ1) is 10.1. The van der Waals surface area contributed by atoms with Crippen LogP contribution in [-0.2, 0) is 4.74 Å². The third-order valence-corrected chi connectivity index (χ3v) is 3.39. The van der Waals surface area contributed by atoms with Crippen LogP contribution in [0.2, 0.25) is 0 Å². The third-order valence-electron chi connectivity index (χ3n) is 3.39. The van der Waals surface area contributed by atoms with Crippen LogP contribution in [0.4, 0.5) is 0 Å². The van der Waals surface area contributed by atoms with Gasteiger partial charge in [0.25, 0.3) is 0 Å². The lowest BCUT2D eigenvalue weighted by molar-refractivity contribution is -0.0542. The first-order valence-corrected chi connectivity index (χ1v) is 5.45. The fraction of sp³-hybridized carbons (Fsp3) is 0.818. The third kappa shape index (κ3) is 1.85. The van der Waals surface area contributed by atoms with Crippen LogP contribution >= 0.6 is 0 Å². The van der Waals surface area contributed by atoms with E-state index in [0.29, 0.717) is 6.04 Å². The molecular formula is C11H20N2O. The molecule has 80 valence electrons. The zero-order chi connectivity index (χ0) is 10.1. The van der Waals surface area contributed by atoms with Gasteiger partial charge in [-0.2, -0.15) is 0 Å². The van der Waals surface area contributed by atoms with Crippen LogP contribution < -0.4 is 5.73 Å². The summed E-state index contributed by atoms with van der Waals surface area (Å²) in [6, 6.07) is 0.653. The van der Waals surface area contributed by atoms with Crippen LogP contribution in [0, 0.1) is 0 Å². The Morgan fingerprint density at radius 2 is 2.43 bits per heavy atom. The van der Waals surface area contributed by atoms with Crippen LogP contribution in [0.15, 0.2) is 12.2 Å². The van der Waals surface area contributed by atoms with Crippen molar-refractivity contribution >= 4 is 0 Å². The molecule has 2 aliphatic heterocycles. The lowest BCUT2D eigenvalue weighted by Crippen LogP contribution is -2.53. The molecule has 0 aromatic carbocycles. The van der Waals surface area contributed by atoms with Crippen molar-refractivity contribution < 1.29 is 4.74 Å². The van der Waals surface area contributed by atoms with Gasteiger partial charge in [0, 0.05) is 12.6 Å². The van der Waals surface area contributed by atoms with Gasteiger partial charge in [-0.05, 0) is 26.3 Å². The zero-order valence-electron chi connectivity index (χ0n) is 8.91. The number of hydrogen-bond donors (Lipinski definition) is 1. The van der Waals surface area contributed by atoms with Crippen molar-refractivity contribution in [1.29, 1.82) is 0 Å². The molecule has 0 aromatic heterocycles. The summed E-state index contributed by atoms with van der Waals surface area (Å²) in [5.41, 5.74) is 7.04. The Bertz CT molecular complexity index is 229. The van der Waals surface area contributed by atoms with E-state index in [0.717, 1.165) is 18.7 Å². The Morgan fingerprint density at radius 3 is 3.14 bits per heavy atom. The molecule has 2 heterocycles. The molecular weight excluding hydrogens is 176 g/mol. The molecule has 3 unspecified atom stereocenters. The van der Waals surface area contributed by atoms with E-state index in [1.165, 1.54) is 19.4 Å². The molecule has 14 heavy (non-hydrogen) atoms. The number of rotatable bonds is 2. The standard InChI is InChI=1S/C11H20N2O/c1-8(2)11(12)10-6-13-5-3-4-9(13)7-14-10/h9-11H,1,3-7,12H2,2H3. The van der Waals surface area contributed by atoms with Gasteiger partial charge in [-0.15, -0.1) is 0 Å². The van der Waals surface area contributed by atoms with Crippen LogP contribution in [0.3, 0.4) is 0 Å². The highest BCUT2D eigenvalue weighted by Gasteiger charge is 2.34. The van der Waals surface area contributed by atoms with E-state index in [4.69, 9.17) is 10.5 Å². The van der Waals surface area contributed by atoms with Gasteiger partial charge in [0.1, 0.15) is 0 Å². The van der Waals surface area contributed by atoms with E-state index in [1.54, 1.807) is 0 Å². The average Bonchev–Trinajstić information content (AvgIpc) is 2.62. The van der Waals surface area contributed by atoms with Gasteiger partial charge in [0.15, 0.2) is 0 Å². The molecule has 2 aliphatic rings. The monoisotopic (exact) mass is 196 g/mol. The van der Waals surface area contributed by atoms with Crippen molar-refractivity contribution in [2.45, 2.75) is 38.0 Å². The quantitative estimate of drug-likeness (QED) is 0.662. The Hall–Kier alpha value is -0.380. The molecule has 0 amide bonds. The minimum atomic E-state index is -0.00319. The Kier molecular flexibility index (Phi) is 2.91. The molecule has 0 aromatic rings. The summed E-state index contributed by atoms with van der Waals surface area (Å²) < 4.78 is 5.79. The van der Waals surface area contributed by atoms with Gasteiger partial charge >= 0.3 is 0 Å². The van der Waals surface area contributed by atoms with Crippen molar-refractivity contribution in [1.82, 2.24) is 4.90 Å². The first-order valence-electron chi connectivity index (χ1n) is 5.45. The van der Waals surface area contributed by atoms with E-state index >= 15 is 0 Å². The van der Waals surface area contributed by atoms with E-state index < -0.39 is 0 Å². The summed E-state index contributed by atoms with van der Waals surface area (Å²) in [4.78, 5) is 2.51. The van der Waals surface area contributed by atoms with Gasteiger partial charge in [-0.1, -0.05) is 12.2 Å². The molecule has 0 spiro atoms. The molecule has 2 saturated heterocycles.